The lowest BCUT2D eigenvalue weighted by Gasteiger charge is -2.19. The summed E-state index contributed by atoms with van der Waals surface area (Å²) in [6.45, 7) is 0.142. The number of amides is 3. The van der Waals surface area contributed by atoms with Crippen molar-refractivity contribution in [2.45, 2.75) is 32.1 Å². The Labute approximate surface area is 145 Å². The number of imide groups is 1. The SMILES string of the molecule is O=C(CCN1C(=O)C2CCCCC2C1=O)Nn1cnc2ccccc21. The molecule has 1 aromatic heterocycles. The Kier molecular flexibility index (Phi) is 3.99. The van der Waals surface area contributed by atoms with E-state index in [9.17, 15) is 14.4 Å². The molecule has 2 aliphatic rings. The van der Waals surface area contributed by atoms with Crippen LogP contribution in [0.3, 0.4) is 0 Å². The molecule has 0 spiro atoms. The van der Waals surface area contributed by atoms with Gasteiger partial charge in [0.1, 0.15) is 6.33 Å². The van der Waals surface area contributed by atoms with Gasteiger partial charge in [0.05, 0.1) is 22.9 Å². The van der Waals surface area contributed by atoms with Crippen molar-refractivity contribution in [2.75, 3.05) is 12.0 Å². The van der Waals surface area contributed by atoms with Crippen LogP contribution in [0.2, 0.25) is 0 Å². The maximum atomic E-state index is 12.4. The Bertz CT molecular complexity index is 820. The Morgan fingerprint density at radius 2 is 1.80 bits per heavy atom. The minimum atomic E-state index is -0.251. The first-order valence-corrected chi connectivity index (χ1v) is 8.72. The Morgan fingerprint density at radius 1 is 1.12 bits per heavy atom. The first-order valence-electron chi connectivity index (χ1n) is 8.72. The van der Waals surface area contributed by atoms with E-state index in [1.54, 1.807) is 11.0 Å². The van der Waals surface area contributed by atoms with Crippen molar-refractivity contribution < 1.29 is 14.4 Å². The second kappa shape index (κ2) is 6.31. The fourth-order valence-corrected chi connectivity index (χ4v) is 3.90. The molecule has 1 N–H and O–H groups in total. The van der Waals surface area contributed by atoms with Gasteiger partial charge in [-0.25, -0.2) is 9.66 Å². The summed E-state index contributed by atoms with van der Waals surface area (Å²) in [6.07, 6.45) is 5.22. The van der Waals surface area contributed by atoms with Crippen molar-refractivity contribution in [1.29, 1.82) is 0 Å². The second-order valence-electron chi connectivity index (χ2n) is 6.71. The van der Waals surface area contributed by atoms with E-state index in [2.05, 4.69) is 10.4 Å². The van der Waals surface area contributed by atoms with Gasteiger partial charge in [-0.1, -0.05) is 25.0 Å². The van der Waals surface area contributed by atoms with Crippen molar-refractivity contribution in [2.24, 2.45) is 11.8 Å². The number of carbonyl (C=O) groups is 3. The number of nitrogens with zero attached hydrogens (tertiary/aromatic N) is 3. The molecule has 2 fully saturated rings. The molecular weight excluding hydrogens is 320 g/mol. The van der Waals surface area contributed by atoms with Gasteiger partial charge in [0.2, 0.25) is 17.7 Å². The van der Waals surface area contributed by atoms with Gasteiger partial charge in [-0.3, -0.25) is 24.7 Å². The average molecular weight is 340 g/mol. The lowest BCUT2D eigenvalue weighted by molar-refractivity contribution is -0.140. The molecule has 0 radical (unpaired) electrons. The summed E-state index contributed by atoms with van der Waals surface area (Å²) in [6, 6.07) is 7.48. The number of hydrogen-bond donors (Lipinski definition) is 1. The summed E-state index contributed by atoms with van der Waals surface area (Å²) in [7, 11) is 0. The summed E-state index contributed by atoms with van der Waals surface area (Å²) >= 11 is 0. The van der Waals surface area contributed by atoms with Crippen LogP contribution in [-0.2, 0) is 14.4 Å². The maximum absolute atomic E-state index is 12.4. The third kappa shape index (κ3) is 2.79. The maximum Gasteiger partial charge on any atom is 0.240 e. The standard InChI is InChI=1S/C18H20N4O3/c23-16(20-22-11-19-14-7-3-4-8-15(14)22)9-10-21-17(24)12-5-1-2-6-13(12)18(21)25/h3-4,7-8,11-13H,1-2,5-6,9-10H2,(H,20,23). The van der Waals surface area contributed by atoms with Gasteiger partial charge < -0.3 is 0 Å². The first-order chi connectivity index (χ1) is 12.1. The number of carbonyl (C=O) groups excluding carboxylic acids is 3. The van der Waals surface area contributed by atoms with Crippen LogP contribution in [0.1, 0.15) is 32.1 Å². The fourth-order valence-electron chi connectivity index (χ4n) is 3.90. The topological polar surface area (TPSA) is 84.3 Å². The third-order valence-electron chi connectivity index (χ3n) is 5.19. The van der Waals surface area contributed by atoms with E-state index in [-0.39, 0.29) is 42.5 Å². The molecular formula is C18H20N4O3. The van der Waals surface area contributed by atoms with Crippen molar-refractivity contribution >= 4 is 28.8 Å². The zero-order valence-corrected chi connectivity index (χ0v) is 13.9. The van der Waals surface area contributed by atoms with Crippen molar-refractivity contribution in [3.8, 4) is 0 Å². The highest BCUT2D eigenvalue weighted by Gasteiger charge is 2.47. The smallest absolute Gasteiger partial charge is 0.240 e. The molecule has 0 bridgehead atoms. The summed E-state index contributed by atoms with van der Waals surface area (Å²) in [5, 5.41) is 0. The van der Waals surface area contributed by atoms with E-state index >= 15 is 0 Å². The Hall–Kier alpha value is -2.70. The molecule has 3 amide bonds. The Morgan fingerprint density at radius 3 is 2.52 bits per heavy atom. The highest BCUT2D eigenvalue weighted by Crippen LogP contribution is 2.37. The minimum Gasteiger partial charge on any atom is -0.282 e. The summed E-state index contributed by atoms with van der Waals surface area (Å²) in [5.74, 6) is -0.784. The van der Waals surface area contributed by atoms with Gasteiger partial charge in [-0.2, -0.15) is 0 Å². The van der Waals surface area contributed by atoms with Crippen LogP contribution in [0.4, 0.5) is 0 Å². The third-order valence-corrected chi connectivity index (χ3v) is 5.19. The molecule has 2 heterocycles. The van der Waals surface area contributed by atoms with E-state index in [1.807, 2.05) is 24.3 Å². The molecule has 25 heavy (non-hydrogen) atoms. The van der Waals surface area contributed by atoms with Gasteiger partial charge in [-0.05, 0) is 25.0 Å². The molecule has 1 saturated heterocycles. The van der Waals surface area contributed by atoms with Crippen molar-refractivity contribution in [3.05, 3.63) is 30.6 Å². The van der Waals surface area contributed by atoms with Gasteiger partial charge in [0.25, 0.3) is 0 Å². The largest absolute Gasteiger partial charge is 0.282 e. The predicted molar refractivity (Wildman–Crippen MR) is 90.9 cm³/mol. The van der Waals surface area contributed by atoms with Gasteiger partial charge in [0, 0.05) is 13.0 Å². The number of imidazole rings is 1. The fraction of sp³-hybridized carbons (Fsp3) is 0.444. The van der Waals surface area contributed by atoms with Gasteiger partial charge in [0.15, 0.2) is 0 Å². The molecule has 4 rings (SSSR count). The van der Waals surface area contributed by atoms with Crippen LogP contribution < -0.4 is 5.43 Å². The Balaban J connectivity index is 1.39. The molecule has 2 atom stereocenters. The van der Waals surface area contributed by atoms with Crippen LogP contribution in [0.15, 0.2) is 30.6 Å². The molecule has 2 unspecified atom stereocenters. The lowest BCUT2D eigenvalue weighted by Crippen LogP contribution is -2.35. The van der Waals surface area contributed by atoms with E-state index in [0.29, 0.717) is 0 Å². The number of nitrogens with one attached hydrogen (secondary N) is 1. The molecule has 1 aliphatic carbocycles. The normalized spacial score (nSPS) is 23.1. The van der Waals surface area contributed by atoms with Crippen LogP contribution in [-0.4, -0.2) is 38.8 Å². The van der Waals surface area contributed by atoms with E-state index in [1.165, 1.54) is 4.90 Å². The molecule has 7 nitrogen and oxygen atoms in total. The molecule has 7 heteroatoms. The number of para-hydroxylation sites is 2. The highest BCUT2D eigenvalue weighted by atomic mass is 16.2. The van der Waals surface area contributed by atoms with Crippen molar-refractivity contribution in [3.63, 3.8) is 0 Å². The summed E-state index contributed by atoms with van der Waals surface area (Å²) < 4.78 is 1.56. The molecule has 2 aromatic rings. The number of aromatic nitrogens is 2. The number of benzene rings is 1. The average Bonchev–Trinajstić information content (AvgIpc) is 3.14. The molecule has 1 aromatic carbocycles. The van der Waals surface area contributed by atoms with Crippen LogP contribution in [0.25, 0.3) is 11.0 Å². The minimum absolute atomic E-state index is 0.0867. The highest BCUT2D eigenvalue weighted by molar-refractivity contribution is 6.05. The van der Waals surface area contributed by atoms with E-state index in [4.69, 9.17) is 0 Å². The predicted octanol–water partition coefficient (Wildman–Crippen LogP) is 1.67. The lowest BCUT2D eigenvalue weighted by atomic mass is 9.81. The molecule has 1 aliphatic heterocycles. The van der Waals surface area contributed by atoms with Gasteiger partial charge >= 0.3 is 0 Å². The number of likely N-dealkylation sites (tertiary alicyclic amines) is 1. The van der Waals surface area contributed by atoms with E-state index < -0.39 is 0 Å². The summed E-state index contributed by atoms with van der Waals surface area (Å²) in [5.41, 5.74) is 4.34. The molecule has 130 valence electrons. The first kappa shape index (κ1) is 15.8. The zero-order valence-electron chi connectivity index (χ0n) is 13.9. The van der Waals surface area contributed by atoms with Crippen LogP contribution in [0, 0.1) is 11.8 Å². The quantitative estimate of drug-likeness (QED) is 0.858. The molecule has 1 saturated carbocycles. The number of hydrogen-bond acceptors (Lipinski definition) is 4. The monoisotopic (exact) mass is 340 g/mol. The van der Waals surface area contributed by atoms with E-state index in [0.717, 1.165) is 36.7 Å². The second-order valence-corrected chi connectivity index (χ2v) is 6.71. The number of rotatable bonds is 4. The summed E-state index contributed by atoms with van der Waals surface area (Å²) in [4.78, 5) is 42.6. The van der Waals surface area contributed by atoms with Crippen LogP contribution >= 0.6 is 0 Å². The zero-order chi connectivity index (χ0) is 17.4. The number of fused-ring (bicyclic) bond motifs is 2. The van der Waals surface area contributed by atoms with Gasteiger partial charge in [-0.15, -0.1) is 0 Å². The van der Waals surface area contributed by atoms with Crippen LogP contribution in [0.5, 0.6) is 0 Å². The van der Waals surface area contributed by atoms with Crippen molar-refractivity contribution in [1.82, 2.24) is 14.6 Å².